The second kappa shape index (κ2) is 5.88. The molecule has 0 aromatic heterocycles. The van der Waals surface area contributed by atoms with Crippen molar-refractivity contribution in [3.05, 3.63) is 29.8 Å². The van der Waals surface area contributed by atoms with Gasteiger partial charge in [-0.15, -0.1) is 0 Å². The van der Waals surface area contributed by atoms with Crippen LogP contribution in [0.4, 0.5) is 10.5 Å². The average Bonchev–Trinajstić information content (AvgIpc) is 2.48. The lowest BCUT2D eigenvalue weighted by molar-refractivity contribution is 0.182. The van der Waals surface area contributed by atoms with Crippen molar-refractivity contribution in [3.63, 3.8) is 0 Å². The maximum atomic E-state index is 12.1. The van der Waals surface area contributed by atoms with E-state index < -0.39 is 0 Å². The van der Waals surface area contributed by atoms with Gasteiger partial charge in [0.25, 0.3) is 0 Å². The molecule has 1 fully saturated rings. The normalized spacial score (nSPS) is 18.2. The molecule has 1 aromatic rings. The van der Waals surface area contributed by atoms with Crippen LogP contribution in [-0.2, 0) is 0 Å². The maximum absolute atomic E-state index is 12.1. The second-order valence-electron chi connectivity index (χ2n) is 4.45. The van der Waals surface area contributed by atoms with Crippen molar-refractivity contribution in [3.8, 4) is 12.1 Å². The summed E-state index contributed by atoms with van der Waals surface area (Å²) in [5.41, 5.74) is 1.18. The zero-order chi connectivity index (χ0) is 13.7. The minimum absolute atomic E-state index is 0.254. The summed E-state index contributed by atoms with van der Waals surface area (Å²) in [7, 11) is 0. The number of hydrogen-bond acceptors (Lipinski definition) is 3. The third-order valence-corrected chi connectivity index (χ3v) is 3.18. The Kier molecular flexibility index (Phi) is 4.00. The third kappa shape index (κ3) is 3.02. The van der Waals surface area contributed by atoms with Crippen molar-refractivity contribution in [2.24, 2.45) is 0 Å². The predicted molar refractivity (Wildman–Crippen MR) is 70.1 cm³/mol. The lowest BCUT2D eigenvalue weighted by Crippen LogP contribution is -2.45. The lowest BCUT2D eigenvalue weighted by Gasteiger charge is -2.31. The van der Waals surface area contributed by atoms with Gasteiger partial charge in [-0.3, -0.25) is 0 Å². The molecule has 1 aliphatic rings. The Bertz CT molecular complexity index is 538. The fourth-order valence-corrected chi connectivity index (χ4v) is 2.13. The molecule has 2 rings (SSSR count). The number of amides is 2. The molecular formula is C14H14N4O. The highest BCUT2D eigenvalue weighted by Crippen LogP contribution is 2.18. The number of anilines is 1. The number of nitrogens with zero attached hydrogens (tertiary/aromatic N) is 3. The Morgan fingerprint density at radius 2 is 2.00 bits per heavy atom. The summed E-state index contributed by atoms with van der Waals surface area (Å²) in [5, 5.41) is 20.5. The highest BCUT2D eigenvalue weighted by Gasteiger charge is 2.26. The largest absolute Gasteiger partial charge is 0.322 e. The molecule has 0 spiro atoms. The van der Waals surface area contributed by atoms with E-state index in [1.807, 2.05) is 6.07 Å². The first-order valence-electron chi connectivity index (χ1n) is 6.22. The Morgan fingerprint density at radius 3 is 2.63 bits per heavy atom. The summed E-state index contributed by atoms with van der Waals surface area (Å²) in [6.45, 7) is 0.611. The maximum Gasteiger partial charge on any atom is 0.322 e. The van der Waals surface area contributed by atoms with Crippen LogP contribution in [-0.4, -0.2) is 23.5 Å². The van der Waals surface area contributed by atoms with Crippen LogP contribution in [0.5, 0.6) is 0 Å². The van der Waals surface area contributed by atoms with Gasteiger partial charge in [0.15, 0.2) is 0 Å². The standard InChI is InChI=1S/C14H14N4O/c15-9-11-4-6-12(7-5-11)17-14(19)18-8-2-1-3-13(18)10-16/h4-7,13H,1-3,8H2,(H,17,19). The minimum atomic E-state index is -0.341. The van der Waals surface area contributed by atoms with Crippen molar-refractivity contribution in [2.45, 2.75) is 25.3 Å². The molecule has 1 heterocycles. The second-order valence-corrected chi connectivity index (χ2v) is 4.45. The molecule has 1 saturated heterocycles. The van der Waals surface area contributed by atoms with E-state index in [4.69, 9.17) is 10.5 Å². The topological polar surface area (TPSA) is 79.9 Å². The lowest BCUT2D eigenvalue weighted by atomic mass is 10.0. The summed E-state index contributed by atoms with van der Waals surface area (Å²) >= 11 is 0. The van der Waals surface area contributed by atoms with Crippen molar-refractivity contribution in [2.75, 3.05) is 11.9 Å². The van der Waals surface area contributed by atoms with Gasteiger partial charge >= 0.3 is 6.03 Å². The summed E-state index contributed by atoms with van der Waals surface area (Å²) in [6, 6.07) is 10.2. The minimum Gasteiger partial charge on any atom is -0.309 e. The van der Waals surface area contributed by atoms with Crippen LogP contribution in [0.1, 0.15) is 24.8 Å². The van der Waals surface area contributed by atoms with Crippen LogP contribution in [0.25, 0.3) is 0 Å². The Balaban J connectivity index is 2.03. The number of rotatable bonds is 1. The van der Waals surface area contributed by atoms with E-state index in [1.54, 1.807) is 29.2 Å². The molecule has 1 N–H and O–H groups in total. The van der Waals surface area contributed by atoms with Crippen molar-refractivity contribution >= 4 is 11.7 Å². The molecule has 0 saturated carbocycles. The van der Waals surface area contributed by atoms with E-state index in [-0.39, 0.29) is 12.1 Å². The first-order valence-corrected chi connectivity index (χ1v) is 6.22. The van der Waals surface area contributed by atoms with Crippen molar-refractivity contribution in [1.82, 2.24) is 4.90 Å². The molecule has 1 unspecified atom stereocenters. The van der Waals surface area contributed by atoms with Crippen LogP contribution in [0.15, 0.2) is 24.3 Å². The molecule has 1 atom stereocenters. The molecular weight excluding hydrogens is 240 g/mol. The number of carbonyl (C=O) groups is 1. The third-order valence-electron chi connectivity index (χ3n) is 3.18. The van der Waals surface area contributed by atoms with Gasteiger partial charge in [0, 0.05) is 12.2 Å². The summed E-state index contributed by atoms with van der Waals surface area (Å²) in [6.07, 6.45) is 2.65. The van der Waals surface area contributed by atoms with E-state index in [0.717, 1.165) is 19.3 Å². The molecule has 0 aliphatic carbocycles. The van der Waals surface area contributed by atoms with Crippen LogP contribution in [0.2, 0.25) is 0 Å². The van der Waals surface area contributed by atoms with Gasteiger partial charge < -0.3 is 10.2 Å². The van der Waals surface area contributed by atoms with Crippen molar-refractivity contribution < 1.29 is 4.79 Å². The Morgan fingerprint density at radius 1 is 1.26 bits per heavy atom. The molecule has 0 bridgehead atoms. The zero-order valence-corrected chi connectivity index (χ0v) is 10.5. The number of likely N-dealkylation sites (tertiary alicyclic amines) is 1. The van der Waals surface area contributed by atoms with Gasteiger partial charge in [0.05, 0.1) is 17.7 Å². The summed E-state index contributed by atoms with van der Waals surface area (Å²) < 4.78 is 0. The number of hydrogen-bond donors (Lipinski definition) is 1. The van der Waals surface area contributed by atoms with Gasteiger partial charge in [0.1, 0.15) is 6.04 Å². The summed E-state index contributed by atoms with van der Waals surface area (Å²) in [4.78, 5) is 13.7. The molecule has 19 heavy (non-hydrogen) atoms. The number of benzene rings is 1. The number of piperidine rings is 1. The first-order chi connectivity index (χ1) is 9.24. The van der Waals surface area contributed by atoms with E-state index in [9.17, 15) is 4.79 Å². The molecule has 96 valence electrons. The monoisotopic (exact) mass is 254 g/mol. The van der Waals surface area contributed by atoms with Gasteiger partial charge in [-0.2, -0.15) is 10.5 Å². The van der Waals surface area contributed by atoms with E-state index in [0.29, 0.717) is 17.8 Å². The van der Waals surface area contributed by atoms with Crippen LogP contribution >= 0.6 is 0 Å². The average molecular weight is 254 g/mol. The highest BCUT2D eigenvalue weighted by molar-refractivity contribution is 5.89. The number of nitriles is 2. The highest BCUT2D eigenvalue weighted by atomic mass is 16.2. The van der Waals surface area contributed by atoms with Crippen LogP contribution in [0, 0.1) is 22.7 Å². The smallest absolute Gasteiger partial charge is 0.309 e. The fourth-order valence-electron chi connectivity index (χ4n) is 2.13. The number of carbonyl (C=O) groups excluding carboxylic acids is 1. The summed E-state index contributed by atoms with van der Waals surface area (Å²) in [5.74, 6) is 0. The van der Waals surface area contributed by atoms with Gasteiger partial charge in [-0.25, -0.2) is 4.79 Å². The molecule has 0 radical (unpaired) electrons. The van der Waals surface area contributed by atoms with Crippen LogP contribution < -0.4 is 5.32 Å². The number of urea groups is 1. The first kappa shape index (κ1) is 12.9. The van der Waals surface area contributed by atoms with E-state index in [2.05, 4.69) is 11.4 Å². The Labute approximate surface area is 112 Å². The van der Waals surface area contributed by atoms with Gasteiger partial charge in [-0.05, 0) is 43.5 Å². The Hall–Kier alpha value is -2.53. The molecule has 1 aliphatic heterocycles. The molecule has 2 amide bonds. The van der Waals surface area contributed by atoms with Crippen molar-refractivity contribution in [1.29, 1.82) is 10.5 Å². The zero-order valence-electron chi connectivity index (χ0n) is 10.5. The fraction of sp³-hybridized carbons (Fsp3) is 0.357. The molecule has 5 heteroatoms. The SMILES string of the molecule is N#Cc1ccc(NC(=O)N2CCCCC2C#N)cc1. The molecule has 1 aromatic carbocycles. The van der Waals surface area contributed by atoms with Crippen LogP contribution in [0.3, 0.4) is 0 Å². The molecule has 5 nitrogen and oxygen atoms in total. The van der Waals surface area contributed by atoms with E-state index >= 15 is 0 Å². The quantitative estimate of drug-likeness (QED) is 0.835. The van der Waals surface area contributed by atoms with E-state index in [1.165, 1.54) is 0 Å². The van der Waals surface area contributed by atoms with Gasteiger partial charge in [0.2, 0.25) is 0 Å². The predicted octanol–water partition coefficient (Wildman–Crippen LogP) is 2.47. The van der Waals surface area contributed by atoms with Gasteiger partial charge in [-0.1, -0.05) is 0 Å². The number of nitrogens with one attached hydrogen (secondary N) is 1.